The Bertz CT molecular complexity index is 587. The van der Waals surface area contributed by atoms with Gasteiger partial charge in [0.15, 0.2) is 0 Å². The first-order chi connectivity index (χ1) is 10.2. The lowest BCUT2D eigenvalue weighted by atomic mass is 9.99. The van der Waals surface area contributed by atoms with Gasteiger partial charge < -0.3 is 10.2 Å². The van der Waals surface area contributed by atoms with Crippen LogP contribution in [0, 0.1) is 13.8 Å². The van der Waals surface area contributed by atoms with Crippen LogP contribution in [0.5, 0.6) is 0 Å². The third-order valence-corrected chi connectivity index (χ3v) is 4.47. The fraction of sp³-hybridized carbons (Fsp3) is 0.444. The third-order valence-electron chi connectivity index (χ3n) is 4.47. The van der Waals surface area contributed by atoms with Gasteiger partial charge in [-0.05, 0) is 55.5 Å². The molecule has 1 atom stereocenters. The average molecular weight is 284 g/mol. The zero-order chi connectivity index (χ0) is 14.8. The predicted molar refractivity (Wildman–Crippen MR) is 85.0 cm³/mol. The van der Waals surface area contributed by atoms with E-state index in [4.69, 9.17) is 10.2 Å². The molecule has 1 aromatic heterocycles. The molecule has 0 amide bonds. The van der Waals surface area contributed by atoms with Crippen molar-refractivity contribution in [2.45, 2.75) is 45.3 Å². The lowest BCUT2D eigenvalue weighted by Gasteiger charge is -2.31. The highest BCUT2D eigenvalue weighted by atomic mass is 16.3. The van der Waals surface area contributed by atoms with E-state index in [9.17, 15) is 0 Å². The van der Waals surface area contributed by atoms with Gasteiger partial charge in [-0.15, -0.1) is 0 Å². The number of benzene rings is 1. The SMILES string of the molecule is Cc1ccc(C(CN)N(Cc2ccco2)C2CC2)cc1C. The maximum absolute atomic E-state index is 6.12. The normalized spacial score (nSPS) is 16.4. The molecule has 1 fully saturated rings. The zero-order valence-corrected chi connectivity index (χ0v) is 12.9. The number of hydrogen-bond donors (Lipinski definition) is 1. The lowest BCUT2D eigenvalue weighted by molar-refractivity contribution is 0.168. The minimum Gasteiger partial charge on any atom is -0.468 e. The standard InChI is InChI=1S/C18H24N2O/c1-13-5-6-15(10-14(13)2)18(11-19)20(16-7-8-16)12-17-4-3-9-21-17/h3-6,9-10,16,18H,7-8,11-12,19H2,1-2H3. The highest BCUT2D eigenvalue weighted by Crippen LogP contribution is 2.35. The van der Waals surface area contributed by atoms with Crippen LogP contribution in [0.25, 0.3) is 0 Å². The van der Waals surface area contributed by atoms with E-state index in [0.717, 1.165) is 12.3 Å². The molecule has 1 saturated carbocycles. The summed E-state index contributed by atoms with van der Waals surface area (Å²) >= 11 is 0. The molecule has 0 aliphatic heterocycles. The van der Waals surface area contributed by atoms with Crippen molar-refractivity contribution >= 4 is 0 Å². The van der Waals surface area contributed by atoms with Crippen LogP contribution in [-0.4, -0.2) is 17.5 Å². The lowest BCUT2D eigenvalue weighted by Crippen LogP contribution is -2.35. The number of hydrogen-bond acceptors (Lipinski definition) is 3. The molecule has 112 valence electrons. The molecule has 0 saturated heterocycles. The van der Waals surface area contributed by atoms with Gasteiger partial charge in [-0.2, -0.15) is 0 Å². The Morgan fingerprint density at radius 1 is 1.24 bits per heavy atom. The Labute approximate surface area is 126 Å². The fourth-order valence-corrected chi connectivity index (χ4v) is 2.92. The van der Waals surface area contributed by atoms with Gasteiger partial charge in [0, 0.05) is 18.6 Å². The van der Waals surface area contributed by atoms with Gasteiger partial charge in [-0.3, -0.25) is 4.90 Å². The minimum atomic E-state index is 0.266. The summed E-state index contributed by atoms with van der Waals surface area (Å²) < 4.78 is 5.53. The second-order valence-electron chi connectivity index (χ2n) is 6.08. The van der Waals surface area contributed by atoms with E-state index in [2.05, 4.69) is 36.9 Å². The molecule has 0 radical (unpaired) electrons. The average Bonchev–Trinajstić information content (AvgIpc) is 3.20. The molecule has 1 aliphatic carbocycles. The molecule has 1 unspecified atom stereocenters. The van der Waals surface area contributed by atoms with E-state index in [1.807, 2.05) is 12.1 Å². The van der Waals surface area contributed by atoms with E-state index < -0.39 is 0 Å². The highest BCUT2D eigenvalue weighted by molar-refractivity contribution is 5.32. The molecule has 21 heavy (non-hydrogen) atoms. The quantitative estimate of drug-likeness (QED) is 0.882. The molecule has 3 heteroatoms. The number of aryl methyl sites for hydroxylation is 2. The van der Waals surface area contributed by atoms with Crippen LogP contribution >= 0.6 is 0 Å². The summed E-state index contributed by atoms with van der Waals surface area (Å²) in [5.41, 5.74) is 10.1. The summed E-state index contributed by atoms with van der Waals surface area (Å²) in [6.45, 7) is 5.80. The zero-order valence-electron chi connectivity index (χ0n) is 12.9. The Kier molecular flexibility index (Phi) is 4.13. The van der Waals surface area contributed by atoms with Crippen molar-refractivity contribution in [2.24, 2.45) is 5.73 Å². The summed E-state index contributed by atoms with van der Waals surface area (Å²) in [5, 5.41) is 0. The van der Waals surface area contributed by atoms with Crippen LogP contribution in [0.4, 0.5) is 0 Å². The molecular weight excluding hydrogens is 260 g/mol. The summed E-state index contributed by atoms with van der Waals surface area (Å²) in [4.78, 5) is 2.50. The van der Waals surface area contributed by atoms with E-state index in [1.54, 1.807) is 6.26 Å². The van der Waals surface area contributed by atoms with Gasteiger partial charge >= 0.3 is 0 Å². The first-order valence-electron chi connectivity index (χ1n) is 7.74. The Morgan fingerprint density at radius 3 is 2.62 bits per heavy atom. The molecular formula is C18H24N2O. The van der Waals surface area contributed by atoms with Crippen molar-refractivity contribution in [3.8, 4) is 0 Å². The van der Waals surface area contributed by atoms with Gasteiger partial charge in [-0.25, -0.2) is 0 Å². The maximum atomic E-state index is 6.12. The van der Waals surface area contributed by atoms with Crippen molar-refractivity contribution in [1.29, 1.82) is 0 Å². The predicted octanol–water partition coefficient (Wildman–Crippen LogP) is 3.56. The first kappa shape index (κ1) is 14.4. The van der Waals surface area contributed by atoms with E-state index >= 15 is 0 Å². The van der Waals surface area contributed by atoms with Gasteiger partial charge in [0.1, 0.15) is 5.76 Å². The fourth-order valence-electron chi connectivity index (χ4n) is 2.92. The molecule has 2 aromatic rings. The van der Waals surface area contributed by atoms with Gasteiger partial charge in [0.2, 0.25) is 0 Å². The number of nitrogens with zero attached hydrogens (tertiary/aromatic N) is 1. The van der Waals surface area contributed by atoms with E-state index in [1.165, 1.54) is 29.5 Å². The van der Waals surface area contributed by atoms with Crippen molar-refractivity contribution in [2.75, 3.05) is 6.54 Å². The molecule has 1 heterocycles. The number of rotatable bonds is 6. The monoisotopic (exact) mass is 284 g/mol. The van der Waals surface area contributed by atoms with Crippen LogP contribution in [0.2, 0.25) is 0 Å². The van der Waals surface area contributed by atoms with Gasteiger partial charge in [-0.1, -0.05) is 18.2 Å². The molecule has 1 aliphatic rings. The Hall–Kier alpha value is -1.58. The second kappa shape index (κ2) is 6.04. The minimum absolute atomic E-state index is 0.266. The van der Waals surface area contributed by atoms with Crippen molar-refractivity contribution in [3.63, 3.8) is 0 Å². The summed E-state index contributed by atoms with van der Waals surface area (Å²) in [5.74, 6) is 1.02. The van der Waals surface area contributed by atoms with E-state index in [-0.39, 0.29) is 6.04 Å². The van der Waals surface area contributed by atoms with Crippen LogP contribution in [0.15, 0.2) is 41.0 Å². The molecule has 0 spiro atoms. The molecule has 1 aromatic carbocycles. The Balaban J connectivity index is 1.86. The van der Waals surface area contributed by atoms with Crippen LogP contribution in [0.1, 0.15) is 41.3 Å². The third kappa shape index (κ3) is 3.20. The number of furan rings is 1. The summed E-state index contributed by atoms with van der Waals surface area (Å²) in [7, 11) is 0. The maximum Gasteiger partial charge on any atom is 0.117 e. The molecule has 3 rings (SSSR count). The van der Waals surface area contributed by atoms with Crippen LogP contribution in [-0.2, 0) is 6.54 Å². The largest absolute Gasteiger partial charge is 0.468 e. The topological polar surface area (TPSA) is 42.4 Å². The summed E-state index contributed by atoms with van der Waals surface area (Å²) in [6.07, 6.45) is 4.28. The number of nitrogens with two attached hydrogens (primary N) is 1. The van der Waals surface area contributed by atoms with Crippen molar-refractivity contribution in [3.05, 3.63) is 59.0 Å². The Morgan fingerprint density at radius 2 is 2.05 bits per heavy atom. The first-order valence-corrected chi connectivity index (χ1v) is 7.74. The van der Waals surface area contributed by atoms with Crippen molar-refractivity contribution < 1.29 is 4.42 Å². The van der Waals surface area contributed by atoms with Gasteiger partial charge in [0.05, 0.1) is 12.8 Å². The molecule has 0 bridgehead atoms. The van der Waals surface area contributed by atoms with E-state index in [0.29, 0.717) is 12.6 Å². The van der Waals surface area contributed by atoms with Gasteiger partial charge in [0.25, 0.3) is 0 Å². The van der Waals surface area contributed by atoms with Crippen LogP contribution in [0.3, 0.4) is 0 Å². The van der Waals surface area contributed by atoms with Crippen LogP contribution < -0.4 is 5.73 Å². The second-order valence-corrected chi connectivity index (χ2v) is 6.08. The van der Waals surface area contributed by atoms with Crippen molar-refractivity contribution in [1.82, 2.24) is 4.90 Å². The molecule has 2 N–H and O–H groups in total. The highest BCUT2D eigenvalue weighted by Gasteiger charge is 2.34. The summed E-state index contributed by atoms with van der Waals surface area (Å²) in [6, 6.07) is 11.6. The molecule has 3 nitrogen and oxygen atoms in total. The smallest absolute Gasteiger partial charge is 0.117 e.